The van der Waals surface area contributed by atoms with Crippen LogP contribution in [-0.2, 0) is 20.7 Å². The highest BCUT2D eigenvalue weighted by atomic mass is 32.2. The average Bonchev–Trinajstić information content (AvgIpc) is 2.94. The first kappa shape index (κ1) is 34.0. The molecule has 0 aromatic heterocycles. The number of nitrogens with zero attached hydrogens (tertiary/aromatic N) is 1. The second-order valence-electron chi connectivity index (χ2n) is 10.8. The Morgan fingerprint density at radius 3 is 1.80 bits per heavy atom. The van der Waals surface area contributed by atoms with E-state index in [-0.39, 0.29) is 23.0 Å². The summed E-state index contributed by atoms with van der Waals surface area (Å²) in [5.41, 5.74) is 2.09. The molecule has 1 unspecified atom stereocenters. The molecule has 1 amide bonds. The van der Waals surface area contributed by atoms with Gasteiger partial charge in [0.05, 0.1) is 13.2 Å². The fourth-order valence-electron chi connectivity index (χ4n) is 3.65. The molecule has 0 heterocycles. The highest BCUT2D eigenvalue weighted by Crippen LogP contribution is 2.34. The molecule has 2 rings (SSSR count). The first-order valence-electron chi connectivity index (χ1n) is 14.3. The van der Waals surface area contributed by atoms with Crippen molar-refractivity contribution >= 4 is 30.0 Å². The predicted octanol–water partition coefficient (Wildman–Crippen LogP) is 7.70. The minimum atomic E-state index is -0.724. The van der Waals surface area contributed by atoms with E-state index in [0.29, 0.717) is 43.3 Å². The van der Waals surface area contributed by atoms with E-state index in [9.17, 15) is 14.4 Å². The topological polar surface area (TPSA) is 91.4 Å². The number of unbranched alkanes of at least 4 members (excludes halogenated alkanes) is 1. The Kier molecular flexibility index (Phi) is 15.2. The summed E-state index contributed by atoms with van der Waals surface area (Å²) >= 11 is 1.71. The molecule has 0 spiro atoms. The van der Waals surface area contributed by atoms with Crippen molar-refractivity contribution in [3.8, 4) is 11.5 Å². The van der Waals surface area contributed by atoms with Gasteiger partial charge in [-0.3, -0.25) is 4.79 Å². The first-order valence-corrected chi connectivity index (χ1v) is 15.4. The quantitative estimate of drug-likeness (QED) is 0.146. The summed E-state index contributed by atoms with van der Waals surface area (Å²) in [5.74, 6) is 2.08. The SMILES string of the molecule is CCCCN(C)C(=O)CCSC(Cc1ccc(OC(=O)OCC(C)C)cc1)c1ccc(OC(=O)OCC(C)C)cc1. The van der Waals surface area contributed by atoms with E-state index in [1.165, 1.54) is 0 Å². The van der Waals surface area contributed by atoms with Gasteiger partial charge >= 0.3 is 12.3 Å². The summed E-state index contributed by atoms with van der Waals surface area (Å²) in [6.45, 7) is 11.3. The normalized spacial score (nSPS) is 11.7. The highest BCUT2D eigenvalue weighted by Gasteiger charge is 2.17. The van der Waals surface area contributed by atoms with Crippen LogP contribution in [0.25, 0.3) is 0 Å². The summed E-state index contributed by atoms with van der Waals surface area (Å²) in [4.78, 5) is 38.2. The Hall–Kier alpha value is -3.20. The van der Waals surface area contributed by atoms with Gasteiger partial charge < -0.3 is 23.8 Å². The number of ether oxygens (including phenoxy) is 4. The molecule has 0 N–H and O–H groups in total. The van der Waals surface area contributed by atoms with E-state index in [4.69, 9.17) is 18.9 Å². The number of hydrogen-bond acceptors (Lipinski definition) is 8. The van der Waals surface area contributed by atoms with Crippen molar-refractivity contribution in [2.75, 3.05) is 32.6 Å². The average molecular weight is 588 g/mol. The third kappa shape index (κ3) is 13.8. The monoisotopic (exact) mass is 587 g/mol. The Morgan fingerprint density at radius 1 is 0.805 bits per heavy atom. The van der Waals surface area contributed by atoms with Crippen LogP contribution in [0.15, 0.2) is 48.5 Å². The molecule has 1 atom stereocenters. The number of benzene rings is 2. The number of carbonyl (C=O) groups excluding carboxylic acids is 3. The third-order valence-corrected chi connectivity index (χ3v) is 7.26. The summed E-state index contributed by atoms with van der Waals surface area (Å²) in [6.07, 6.45) is 1.75. The Morgan fingerprint density at radius 2 is 1.32 bits per heavy atom. The molecule has 8 nitrogen and oxygen atoms in total. The molecule has 2 aromatic carbocycles. The molecule has 0 fully saturated rings. The molecule has 0 aliphatic heterocycles. The fourth-order valence-corrected chi connectivity index (χ4v) is 4.89. The fraction of sp³-hybridized carbons (Fsp3) is 0.531. The van der Waals surface area contributed by atoms with Crippen molar-refractivity contribution in [2.45, 2.75) is 65.6 Å². The van der Waals surface area contributed by atoms with Gasteiger partial charge in [-0.15, -0.1) is 0 Å². The van der Waals surface area contributed by atoms with Gasteiger partial charge in [-0.05, 0) is 60.1 Å². The van der Waals surface area contributed by atoms with Crippen LogP contribution in [-0.4, -0.2) is 55.7 Å². The van der Waals surface area contributed by atoms with Crippen LogP contribution in [0.3, 0.4) is 0 Å². The van der Waals surface area contributed by atoms with Crippen LogP contribution in [0, 0.1) is 11.8 Å². The minimum absolute atomic E-state index is 0.0495. The van der Waals surface area contributed by atoms with Gasteiger partial charge in [-0.25, -0.2) is 9.59 Å². The Labute approximate surface area is 249 Å². The Balaban J connectivity index is 2.07. The predicted molar refractivity (Wildman–Crippen MR) is 163 cm³/mol. The van der Waals surface area contributed by atoms with Crippen LogP contribution < -0.4 is 9.47 Å². The van der Waals surface area contributed by atoms with Gasteiger partial charge in [0.1, 0.15) is 11.5 Å². The van der Waals surface area contributed by atoms with Crippen LogP contribution in [0.5, 0.6) is 11.5 Å². The maximum atomic E-state index is 12.6. The van der Waals surface area contributed by atoms with Crippen LogP contribution in [0.4, 0.5) is 9.59 Å². The van der Waals surface area contributed by atoms with Crippen molar-refractivity contribution in [3.63, 3.8) is 0 Å². The molecule has 0 bridgehead atoms. The molecule has 226 valence electrons. The number of carbonyl (C=O) groups is 3. The molecule has 9 heteroatoms. The van der Waals surface area contributed by atoms with Crippen molar-refractivity contribution in [3.05, 3.63) is 59.7 Å². The second-order valence-corrected chi connectivity index (χ2v) is 12.1. The lowest BCUT2D eigenvalue weighted by molar-refractivity contribution is -0.129. The molecular formula is C32H45NO7S. The lowest BCUT2D eigenvalue weighted by atomic mass is 10.0. The van der Waals surface area contributed by atoms with Gasteiger partial charge in [-0.1, -0.05) is 65.3 Å². The van der Waals surface area contributed by atoms with E-state index >= 15 is 0 Å². The third-order valence-electron chi connectivity index (χ3n) is 5.98. The summed E-state index contributed by atoms with van der Waals surface area (Å²) < 4.78 is 20.7. The number of amides is 1. The van der Waals surface area contributed by atoms with Gasteiger partial charge in [-0.2, -0.15) is 11.8 Å². The lowest BCUT2D eigenvalue weighted by Crippen LogP contribution is -2.27. The van der Waals surface area contributed by atoms with Crippen molar-refractivity contribution in [2.24, 2.45) is 11.8 Å². The van der Waals surface area contributed by atoms with E-state index in [1.54, 1.807) is 40.9 Å². The molecule has 0 saturated heterocycles. The largest absolute Gasteiger partial charge is 0.513 e. The summed E-state index contributed by atoms with van der Waals surface area (Å²) in [6, 6.07) is 14.7. The van der Waals surface area contributed by atoms with Crippen molar-refractivity contribution < 1.29 is 33.3 Å². The van der Waals surface area contributed by atoms with Gasteiger partial charge in [0.2, 0.25) is 5.91 Å². The molecular weight excluding hydrogens is 542 g/mol. The maximum Gasteiger partial charge on any atom is 0.513 e. The molecule has 0 saturated carbocycles. The summed E-state index contributed by atoms with van der Waals surface area (Å²) in [5, 5.41) is 0.0495. The molecule has 0 radical (unpaired) electrons. The smallest absolute Gasteiger partial charge is 0.434 e. The molecule has 2 aromatic rings. The zero-order chi connectivity index (χ0) is 30.2. The number of thioether (sulfide) groups is 1. The van der Waals surface area contributed by atoms with Crippen LogP contribution >= 0.6 is 11.8 Å². The van der Waals surface area contributed by atoms with Crippen molar-refractivity contribution in [1.82, 2.24) is 4.90 Å². The van der Waals surface area contributed by atoms with E-state index in [2.05, 4.69) is 6.92 Å². The zero-order valence-corrected chi connectivity index (χ0v) is 26.0. The summed E-state index contributed by atoms with van der Waals surface area (Å²) in [7, 11) is 1.85. The van der Waals surface area contributed by atoms with Crippen LogP contribution in [0.1, 0.15) is 70.3 Å². The minimum Gasteiger partial charge on any atom is -0.434 e. The van der Waals surface area contributed by atoms with E-state index < -0.39 is 12.3 Å². The molecule has 0 aliphatic rings. The maximum absolute atomic E-state index is 12.6. The Bertz CT molecular complexity index is 1070. The van der Waals surface area contributed by atoms with Crippen molar-refractivity contribution in [1.29, 1.82) is 0 Å². The number of rotatable bonds is 16. The van der Waals surface area contributed by atoms with Gasteiger partial charge in [0, 0.05) is 31.0 Å². The van der Waals surface area contributed by atoms with Gasteiger partial charge in [0.25, 0.3) is 0 Å². The standard InChI is InChI=1S/C32H45NO7S/c1-7-8-18-33(6)30(34)17-19-41-29(26-11-15-28(16-12-26)40-32(36)38-22-24(4)5)20-25-9-13-27(14-10-25)39-31(35)37-21-23(2)3/h9-16,23-24,29H,7-8,17-22H2,1-6H3. The molecule has 41 heavy (non-hydrogen) atoms. The van der Waals surface area contributed by atoms with E-state index in [0.717, 1.165) is 30.5 Å². The second kappa shape index (κ2) is 18.3. The van der Waals surface area contributed by atoms with E-state index in [1.807, 2.05) is 59.0 Å². The highest BCUT2D eigenvalue weighted by molar-refractivity contribution is 7.99. The first-order chi connectivity index (χ1) is 19.6. The zero-order valence-electron chi connectivity index (χ0n) is 25.2. The van der Waals surface area contributed by atoms with Gasteiger partial charge in [0.15, 0.2) is 0 Å². The number of hydrogen-bond donors (Lipinski definition) is 0. The molecule has 0 aliphatic carbocycles. The lowest BCUT2D eigenvalue weighted by Gasteiger charge is -2.20. The van der Waals surface area contributed by atoms with Crippen LogP contribution in [0.2, 0.25) is 0 Å².